The lowest BCUT2D eigenvalue weighted by Crippen LogP contribution is -2.55. The van der Waals surface area contributed by atoms with Crippen LogP contribution in [0.4, 0.5) is 14.9 Å². The van der Waals surface area contributed by atoms with E-state index >= 15 is 0 Å². The fraction of sp³-hybridized carbons (Fsp3) is 0.348. The van der Waals surface area contributed by atoms with Crippen LogP contribution in [0.25, 0.3) is 0 Å². The summed E-state index contributed by atoms with van der Waals surface area (Å²) in [5.74, 6) is -2.21. The predicted octanol–water partition coefficient (Wildman–Crippen LogP) is 3.95. The smallest absolute Gasteiger partial charge is 0.418 e. The first-order valence-electron chi connectivity index (χ1n) is 9.76. The lowest BCUT2D eigenvalue weighted by atomic mass is 9.76. The van der Waals surface area contributed by atoms with Crippen LogP contribution in [-0.2, 0) is 19.9 Å². The molecule has 0 aliphatic carbocycles. The maximum atomic E-state index is 14.3. The Labute approximate surface area is 174 Å². The first-order valence-corrected chi connectivity index (χ1v) is 9.76. The molecule has 0 radical (unpaired) electrons. The molecule has 156 valence electrons. The predicted molar refractivity (Wildman–Crippen MR) is 108 cm³/mol. The Hall–Kier alpha value is -3.22. The van der Waals surface area contributed by atoms with Gasteiger partial charge in [0.1, 0.15) is 11.4 Å². The molecule has 2 aromatic rings. The number of hydrogen-bond donors (Lipinski definition) is 0. The van der Waals surface area contributed by atoms with Crippen LogP contribution in [0.1, 0.15) is 44.2 Å². The summed E-state index contributed by atoms with van der Waals surface area (Å²) in [6.45, 7) is 5.05. The van der Waals surface area contributed by atoms with Crippen molar-refractivity contribution in [1.82, 2.24) is 4.90 Å². The summed E-state index contributed by atoms with van der Waals surface area (Å²) < 4.78 is 19.8. The van der Waals surface area contributed by atoms with Crippen molar-refractivity contribution in [2.45, 2.75) is 44.2 Å². The van der Waals surface area contributed by atoms with Gasteiger partial charge >= 0.3 is 6.09 Å². The van der Waals surface area contributed by atoms with Crippen molar-refractivity contribution in [1.29, 1.82) is 0 Å². The molecule has 6 nitrogen and oxygen atoms in total. The topological polar surface area (TPSA) is 66.9 Å². The fourth-order valence-corrected chi connectivity index (χ4v) is 4.50. The highest BCUT2D eigenvalue weighted by molar-refractivity contribution is 6.15. The molecule has 2 aliphatic rings. The van der Waals surface area contributed by atoms with E-state index < -0.39 is 40.8 Å². The van der Waals surface area contributed by atoms with Gasteiger partial charge in [0.2, 0.25) is 5.91 Å². The zero-order chi connectivity index (χ0) is 21.8. The Bertz CT molecular complexity index is 1050. The maximum Gasteiger partial charge on any atom is 0.418 e. The summed E-state index contributed by atoms with van der Waals surface area (Å²) in [5, 5.41) is 0. The van der Waals surface area contributed by atoms with Crippen LogP contribution < -0.4 is 4.90 Å². The number of amides is 3. The number of likely N-dealkylation sites (N-methyl/N-ethyl adjacent to an activating group) is 1. The minimum absolute atomic E-state index is 0.0706. The molecule has 2 atom stereocenters. The standard InChI is InChI=1S/C23H23FN2O4/c1-22(2,3)30-21(29)26-19(27)13-16(14-8-6-5-7-9-14)23(26)17-12-15(24)10-11-18(17)25(4)20(23)28/h5-12,16H,13H2,1-4H3/t16-,23+/m1/s1. The Balaban J connectivity index is 1.99. The normalized spacial score (nSPS) is 23.3. The number of imide groups is 1. The molecule has 1 fully saturated rings. The number of carbonyl (C=O) groups is 3. The van der Waals surface area contributed by atoms with Gasteiger partial charge in [-0.05, 0) is 44.5 Å². The molecular weight excluding hydrogens is 387 g/mol. The molecule has 2 aromatic carbocycles. The quantitative estimate of drug-likeness (QED) is 0.714. The molecule has 4 rings (SSSR count). The second-order valence-corrected chi connectivity index (χ2v) is 8.67. The minimum Gasteiger partial charge on any atom is -0.443 e. The lowest BCUT2D eigenvalue weighted by molar-refractivity contribution is -0.138. The molecule has 0 N–H and O–H groups in total. The number of ether oxygens (including phenoxy) is 1. The van der Waals surface area contributed by atoms with E-state index in [0.717, 1.165) is 10.5 Å². The summed E-state index contributed by atoms with van der Waals surface area (Å²) in [4.78, 5) is 42.3. The van der Waals surface area contributed by atoms with Crippen molar-refractivity contribution < 1.29 is 23.5 Å². The molecule has 0 bridgehead atoms. The van der Waals surface area contributed by atoms with Gasteiger partial charge in [-0.15, -0.1) is 0 Å². The van der Waals surface area contributed by atoms with E-state index in [2.05, 4.69) is 0 Å². The van der Waals surface area contributed by atoms with Crippen LogP contribution >= 0.6 is 0 Å². The third-order valence-electron chi connectivity index (χ3n) is 5.62. The average molecular weight is 410 g/mol. The summed E-state index contributed by atoms with van der Waals surface area (Å²) in [7, 11) is 1.56. The van der Waals surface area contributed by atoms with E-state index in [1.54, 1.807) is 40.0 Å². The summed E-state index contributed by atoms with van der Waals surface area (Å²) in [6.07, 6.45) is -0.983. The highest BCUT2D eigenvalue weighted by Crippen LogP contribution is 2.57. The van der Waals surface area contributed by atoms with Gasteiger partial charge in [0, 0.05) is 30.6 Å². The van der Waals surface area contributed by atoms with Crippen LogP contribution in [0.3, 0.4) is 0 Å². The first kappa shape index (κ1) is 20.1. The van der Waals surface area contributed by atoms with Crippen LogP contribution in [0.15, 0.2) is 48.5 Å². The van der Waals surface area contributed by atoms with Gasteiger partial charge in [-0.2, -0.15) is 0 Å². The third kappa shape index (κ3) is 2.80. The minimum atomic E-state index is -1.70. The zero-order valence-corrected chi connectivity index (χ0v) is 17.3. The second-order valence-electron chi connectivity index (χ2n) is 8.67. The third-order valence-corrected chi connectivity index (χ3v) is 5.62. The zero-order valence-electron chi connectivity index (χ0n) is 17.3. The molecule has 1 saturated heterocycles. The molecular formula is C23H23FN2O4. The molecule has 30 heavy (non-hydrogen) atoms. The van der Waals surface area contributed by atoms with E-state index in [4.69, 9.17) is 4.74 Å². The van der Waals surface area contributed by atoms with Gasteiger partial charge in [-0.1, -0.05) is 30.3 Å². The molecule has 2 heterocycles. The highest BCUT2D eigenvalue weighted by atomic mass is 19.1. The number of halogens is 1. The van der Waals surface area contributed by atoms with Crippen LogP contribution in [0.2, 0.25) is 0 Å². The summed E-state index contributed by atoms with van der Waals surface area (Å²) >= 11 is 0. The highest BCUT2D eigenvalue weighted by Gasteiger charge is 2.67. The molecule has 7 heteroatoms. The monoisotopic (exact) mass is 410 g/mol. The Morgan fingerprint density at radius 3 is 2.43 bits per heavy atom. The number of carbonyl (C=O) groups excluding carboxylic acids is 3. The van der Waals surface area contributed by atoms with Crippen LogP contribution in [0.5, 0.6) is 0 Å². The van der Waals surface area contributed by atoms with Crippen molar-refractivity contribution in [3.8, 4) is 0 Å². The van der Waals surface area contributed by atoms with Crippen molar-refractivity contribution >= 4 is 23.6 Å². The van der Waals surface area contributed by atoms with E-state index in [1.807, 2.05) is 18.2 Å². The van der Waals surface area contributed by atoms with Crippen molar-refractivity contribution in [2.24, 2.45) is 0 Å². The van der Waals surface area contributed by atoms with Gasteiger partial charge in [0.15, 0.2) is 5.54 Å². The average Bonchev–Trinajstić information content (AvgIpc) is 3.09. The molecule has 0 aromatic heterocycles. The number of fused-ring (bicyclic) bond motifs is 2. The lowest BCUT2D eigenvalue weighted by Gasteiger charge is -2.37. The van der Waals surface area contributed by atoms with Gasteiger partial charge < -0.3 is 9.64 Å². The van der Waals surface area contributed by atoms with E-state index in [9.17, 15) is 18.8 Å². The van der Waals surface area contributed by atoms with Crippen molar-refractivity contribution in [3.05, 3.63) is 65.5 Å². The Morgan fingerprint density at radius 2 is 1.80 bits per heavy atom. The van der Waals surface area contributed by atoms with Crippen molar-refractivity contribution in [2.75, 3.05) is 11.9 Å². The largest absolute Gasteiger partial charge is 0.443 e. The van der Waals surface area contributed by atoms with Gasteiger partial charge in [0.25, 0.3) is 5.91 Å². The van der Waals surface area contributed by atoms with E-state index in [-0.39, 0.29) is 6.42 Å². The second kappa shape index (κ2) is 6.65. The SMILES string of the molecule is CN1C(=O)[C@@]2(c3cc(F)ccc31)[C@@H](c1ccccc1)CC(=O)N2C(=O)OC(C)(C)C. The van der Waals surface area contributed by atoms with Crippen LogP contribution in [-0.4, -0.2) is 35.5 Å². The van der Waals surface area contributed by atoms with Gasteiger partial charge in [0.05, 0.1) is 0 Å². The Morgan fingerprint density at radius 1 is 1.13 bits per heavy atom. The number of likely N-dealkylation sites (tertiary alicyclic amines) is 1. The molecule has 0 unspecified atom stereocenters. The number of rotatable bonds is 1. The number of anilines is 1. The molecule has 3 amide bonds. The number of nitrogens with zero attached hydrogens (tertiary/aromatic N) is 2. The van der Waals surface area contributed by atoms with E-state index in [1.165, 1.54) is 23.1 Å². The number of hydrogen-bond acceptors (Lipinski definition) is 4. The Kier molecular flexibility index (Phi) is 4.45. The summed E-state index contributed by atoms with van der Waals surface area (Å²) in [5.41, 5.74) is -1.10. The molecule has 1 spiro atoms. The maximum absolute atomic E-state index is 14.3. The van der Waals surface area contributed by atoms with Gasteiger partial charge in [-0.3, -0.25) is 9.59 Å². The van der Waals surface area contributed by atoms with Gasteiger partial charge in [-0.25, -0.2) is 14.1 Å². The first-order chi connectivity index (χ1) is 14.1. The molecule has 2 aliphatic heterocycles. The molecule has 0 saturated carbocycles. The fourth-order valence-electron chi connectivity index (χ4n) is 4.50. The van der Waals surface area contributed by atoms with Crippen LogP contribution in [0, 0.1) is 5.82 Å². The number of benzene rings is 2. The summed E-state index contributed by atoms with van der Waals surface area (Å²) in [6, 6.07) is 13.0. The van der Waals surface area contributed by atoms with Crippen molar-refractivity contribution in [3.63, 3.8) is 0 Å². The van der Waals surface area contributed by atoms with E-state index in [0.29, 0.717) is 11.3 Å².